The van der Waals surface area contributed by atoms with Gasteiger partial charge in [-0.2, -0.15) is 0 Å². The molecule has 1 rings (SSSR count). The molecule has 0 bridgehead atoms. The number of nitrogens with zero attached hydrogens (tertiary/aromatic N) is 1. The van der Waals surface area contributed by atoms with Crippen molar-refractivity contribution in [1.82, 2.24) is 4.90 Å². The number of hydrogen-bond acceptors (Lipinski definition) is 3. The van der Waals surface area contributed by atoms with Crippen LogP contribution in [0.25, 0.3) is 0 Å². The van der Waals surface area contributed by atoms with E-state index in [1.54, 1.807) is 14.1 Å². The Morgan fingerprint density at radius 1 is 1.31 bits per heavy atom. The molecule has 5 nitrogen and oxygen atoms in total. The zero-order valence-electron chi connectivity index (χ0n) is 7.27. The van der Waals surface area contributed by atoms with Gasteiger partial charge < -0.3 is 14.4 Å². The van der Waals surface area contributed by atoms with Crippen LogP contribution in [-0.4, -0.2) is 36.0 Å². The van der Waals surface area contributed by atoms with E-state index in [1.807, 2.05) is 0 Å². The van der Waals surface area contributed by atoms with Crippen LogP contribution in [0.15, 0.2) is 16.5 Å². The Labute approximate surface area is 74.6 Å². The maximum Gasteiger partial charge on any atom is 0.371 e. The largest absolute Gasteiger partial charge is 0.475 e. The first-order chi connectivity index (χ1) is 6.02. The number of carboxylic acid groups (broad SMARTS) is 1. The summed E-state index contributed by atoms with van der Waals surface area (Å²) in [6, 6.07) is 2.59. The molecule has 1 amide bonds. The smallest absolute Gasteiger partial charge is 0.371 e. The van der Waals surface area contributed by atoms with Gasteiger partial charge in [-0.25, -0.2) is 4.79 Å². The predicted octanol–water partition coefficient (Wildman–Crippen LogP) is 0.680. The molecule has 1 heterocycles. The second kappa shape index (κ2) is 3.30. The summed E-state index contributed by atoms with van der Waals surface area (Å²) < 4.78 is 4.78. The average molecular weight is 183 g/mol. The van der Waals surface area contributed by atoms with E-state index in [9.17, 15) is 9.59 Å². The van der Waals surface area contributed by atoms with E-state index in [0.29, 0.717) is 0 Å². The van der Waals surface area contributed by atoms with Crippen molar-refractivity contribution in [1.29, 1.82) is 0 Å². The lowest BCUT2D eigenvalue weighted by molar-refractivity contribution is 0.0656. The molecule has 0 radical (unpaired) electrons. The molecule has 5 heteroatoms. The maximum atomic E-state index is 11.2. The topological polar surface area (TPSA) is 70.8 Å². The fraction of sp³-hybridized carbons (Fsp3) is 0.250. The molecule has 0 atom stereocenters. The number of amides is 1. The second-order valence-corrected chi connectivity index (χ2v) is 2.67. The van der Waals surface area contributed by atoms with Gasteiger partial charge >= 0.3 is 5.97 Å². The molecule has 0 spiro atoms. The summed E-state index contributed by atoms with van der Waals surface area (Å²) in [5.74, 6) is -1.74. The first kappa shape index (κ1) is 9.31. The first-order valence-corrected chi connectivity index (χ1v) is 3.57. The zero-order chi connectivity index (χ0) is 10.0. The molecule has 0 aromatic carbocycles. The van der Waals surface area contributed by atoms with E-state index < -0.39 is 5.97 Å². The highest BCUT2D eigenvalue weighted by Gasteiger charge is 2.15. The van der Waals surface area contributed by atoms with Crippen molar-refractivity contribution in [3.63, 3.8) is 0 Å². The number of aromatic carboxylic acids is 1. The van der Waals surface area contributed by atoms with Crippen LogP contribution < -0.4 is 0 Å². The minimum atomic E-state index is -1.18. The molecule has 70 valence electrons. The van der Waals surface area contributed by atoms with E-state index in [-0.39, 0.29) is 17.4 Å². The molecule has 13 heavy (non-hydrogen) atoms. The average Bonchev–Trinajstić information content (AvgIpc) is 2.50. The third-order valence-corrected chi connectivity index (χ3v) is 1.43. The number of carbonyl (C=O) groups is 2. The molecular formula is C8H9NO4. The fourth-order valence-electron chi connectivity index (χ4n) is 0.788. The van der Waals surface area contributed by atoms with Crippen LogP contribution in [0.1, 0.15) is 21.1 Å². The second-order valence-electron chi connectivity index (χ2n) is 2.67. The third-order valence-electron chi connectivity index (χ3n) is 1.43. The molecule has 0 aliphatic heterocycles. The summed E-state index contributed by atoms with van der Waals surface area (Å²) in [6.45, 7) is 0. The van der Waals surface area contributed by atoms with Gasteiger partial charge in [0.1, 0.15) is 0 Å². The molecule has 0 unspecified atom stereocenters. The van der Waals surface area contributed by atoms with Gasteiger partial charge in [0.15, 0.2) is 5.76 Å². The SMILES string of the molecule is CN(C)C(=O)c1ccc(C(=O)O)o1. The summed E-state index contributed by atoms with van der Waals surface area (Å²) in [7, 11) is 3.12. The van der Waals surface area contributed by atoms with E-state index in [4.69, 9.17) is 9.52 Å². The van der Waals surface area contributed by atoms with Crippen LogP contribution >= 0.6 is 0 Å². The minimum absolute atomic E-state index is 0.0300. The van der Waals surface area contributed by atoms with Crippen LogP contribution in [0.3, 0.4) is 0 Å². The Hall–Kier alpha value is -1.78. The Kier molecular flexibility index (Phi) is 2.36. The van der Waals surface area contributed by atoms with Crippen LogP contribution in [0.5, 0.6) is 0 Å². The summed E-state index contributed by atoms with van der Waals surface area (Å²) in [5, 5.41) is 8.50. The van der Waals surface area contributed by atoms with Crippen LogP contribution in [0.2, 0.25) is 0 Å². The first-order valence-electron chi connectivity index (χ1n) is 3.57. The lowest BCUT2D eigenvalue weighted by atomic mass is 10.4. The Balaban J connectivity index is 2.92. The molecular weight excluding hydrogens is 174 g/mol. The van der Waals surface area contributed by atoms with Gasteiger partial charge in [0.2, 0.25) is 5.76 Å². The quantitative estimate of drug-likeness (QED) is 0.731. The molecule has 0 aliphatic carbocycles. The molecule has 0 fully saturated rings. The lowest BCUT2D eigenvalue weighted by Gasteiger charge is -2.06. The Morgan fingerprint density at radius 3 is 2.23 bits per heavy atom. The third kappa shape index (κ3) is 1.87. The van der Waals surface area contributed by atoms with Gasteiger partial charge in [0.25, 0.3) is 5.91 Å². The molecule has 0 saturated heterocycles. The van der Waals surface area contributed by atoms with Crippen molar-refractivity contribution in [2.24, 2.45) is 0 Å². The summed E-state index contributed by atoms with van der Waals surface area (Å²) in [6.07, 6.45) is 0. The number of rotatable bonds is 2. The number of carboxylic acids is 1. The van der Waals surface area contributed by atoms with E-state index >= 15 is 0 Å². The van der Waals surface area contributed by atoms with E-state index in [2.05, 4.69) is 0 Å². The van der Waals surface area contributed by atoms with Gasteiger partial charge in [0.05, 0.1) is 0 Å². The van der Waals surface area contributed by atoms with Gasteiger partial charge in [0, 0.05) is 14.1 Å². The molecule has 0 saturated carbocycles. The van der Waals surface area contributed by atoms with Crippen molar-refractivity contribution in [3.05, 3.63) is 23.7 Å². The highest BCUT2D eigenvalue weighted by Crippen LogP contribution is 2.09. The monoisotopic (exact) mass is 183 g/mol. The van der Waals surface area contributed by atoms with E-state index in [0.717, 1.165) is 0 Å². The molecule has 0 aliphatic rings. The van der Waals surface area contributed by atoms with Crippen molar-refractivity contribution in [2.45, 2.75) is 0 Å². The number of hydrogen-bond donors (Lipinski definition) is 1. The predicted molar refractivity (Wildman–Crippen MR) is 43.7 cm³/mol. The van der Waals surface area contributed by atoms with Crippen molar-refractivity contribution in [2.75, 3.05) is 14.1 Å². The Bertz CT molecular complexity index is 340. The van der Waals surface area contributed by atoms with Gasteiger partial charge in [-0.05, 0) is 12.1 Å². The van der Waals surface area contributed by atoms with E-state index in [1.165, 1.54) is 17.0 Å². The minimum Gasteiger partial charge on any atom is -0.475 e. The van der Waals surface area contributed by atoms with Crippen LogP contribution in [0, 0.1) is 0 Å². The Morgan fingerprint density at radius 2 is 1.85 bits per heavy atom. The van der Waals surface area contributed by atoms with Crippen molar-refractivity contribution in [3.8, 4) is 0 Å². The highest BCUT2D eigenvalue weighted by molar-refractivity contribution is 5.93. The van der Waals surface area contributed by atoms with Crippen LogP contribution in [0.4, 0.5) is 0 Å². The molecule has 1 N–H and O–H groups in total. The normalized spacial score (nSPS) is 9.69. The number of carbonyl (C=O) groups excluding carboxylic acids is 1. The van der Waals surface area contributed by atoms with Gasteiger partial charge in [-0.15, -0.1) is 0 Å². The summed E-state index contributed by atoms with van der Waals surface area (Å²) in [5.41, 5.74) is 0. The molecule has 1 aromatic rings. The van der Waals surface area contributed by atoms with Crippen molar-refractivity contribution >= 4 is 11.9 Å². The highest BCUT2D eigenvalue weighted by atomic mass is 16.4. The lowest BCUT2D eigenvalue weighted by Crippen LogP contribution is -2.20. The van der Waals surface area contributed by atoms with Gasteiger partial charge in [-0.3, -0.25) is 4.79 Å². The van der Waals surface area contributed by atoms with Gasteiger partial charge in [-0.1, -0.05) is 0 Å². The summed E-state index contributed by atoms with van der Waals surface area (Å²) in [4.78, 5) is 22.9. The zero-order valence-corrected chi connectivity index (χ0v) is 7.27. The standard InChI is InChI=1S/C8H9NO4/c1-9(2)7(10)5-3-4-6(13-5)8(11)12/h3-4H,1-2H3,(H,11,12). The molecule has 1 aromatic heterocycles. The van der Waals surface area contributed by atoms with Crippen molar-refractivity contribution < 1.29 is 19.1 Å². The maximum absolute atomic E-state index is 11.2. The summed E-state index contributed by atoms with van der Waals surface area (Å²) >= 11 is 0. The number of furan rings is 1. The fourth-order valence-corrected chi connectivity index (χ4v) is 0.788. The van der Waals surface area contributed by atoms with Crippen LogP contribution in [-0.2, 0) is 0 Å².